The molecule has 1 aromatic carbocycles. The van der Waals surface area contributed by atoms with Gasteiger partial charge in [0.25, 0.3) is 22.4 Å². The van der Waals surface area contributed by atoms with Gasteiger partial charge in [-0.25, -0.2) is 0 Å². The maximum absolute atomic E-state index is 14.1. The Morgan fingerprint density at radius 1 is 0.462 bits per heavy atom. The summed E-state index contributed by atoms with van der Waals surface area (Å²) in [6.07, 6.45) is -67.2. The van der Waals surface area contributed by atoms with Crippen LogP contribution in [0.15, 0.2) is 12.1 Å². The van der Waals surface area contributed by atoms with Crippen LogP contribution in [0.5, 0.6) is 0 Å². The third-order valence-electron chi connectivity index (χ3n) is 7.81. The molecular formula is C22H12F24N2O4. The molecule has 0 saturated heterocycles. The molecule has 0 radical (unpaired) electrons. The van der Waals surface area contributed by atoms with Crippen LogP contribution in [-0.4, -0.2) is 81.0 Å². The van der Waals surface area contributed by atoms with Gasteiger partial charge in [-0.1, -0.05) is 6.08 Å². The molecule has 1 atom stereocenters. The van der Waals surface area contributed by atoms with E-state index >= 15 is 0 Å². The molecule has 0 heterocycles. The topological polar surface area (TPSA) is 133 Å². The predicted octanol–water partition coefficient (Wildman–Crippen LogP) is 6.55. The third-order valence-corrected chi connectivity index (χ3v) is 7.81. The summed E-state index contributed by atoms with van der Waals surface area (Å²) < 4.78 is 336. The number of hydrogen-bond acceptors (Lipinski definition) is 6. The van der Waals surface area contributed by atoms with Gasteiger partial charge in [0.1, 0.15) is 0 Å². The van der Waals surface area contributed by atoms with Crippen molar-refractivity contribution in [3.05, 3.63) is 34.4 Å². The second kappa shape index (κ2) is 11.4. The second-order valence-corrected chi connectivity index (χ2v) is 10.8. The van der Waals surface area contributed by atoms with E-state index in [4.69, 9.17) is 11.5 Å². The number of rotatable bonds is 4. The Kier molecular flexibility index (Phi) is 9.91. The van der Waals surface area contributed by atoms with E-state index in [0.717, 1.165) is 0 Å². The summed E-state index contributed by atoms with van der Waals surface area (Å²) in [7, 11) is 0. The van der Waals surface area contributed by atoms with Crippen molar-refractivity contribution in [1.29, 1.82) is 0 Å². The maximum Gasteiger partial charge on any atom is 0.430 e. The van der Waals surface area contributed by atoms with Gasteiger partial charge < -0.3 is 31.9 Å². The first-order valence-electron chi connectivity index (χ1n) is 12.1. The average molecular weight is 824 g/mol. The molecule has 1 aromatic rings. The molecule has 0 aliphatic heterocycles. The number of nitrogens with two attached hydrogens (primary N) is 2. The summed E-state index contributed by atoms with van der Waals surface area (Å²) in [5, 5.41) is 39.6. The molecule has 52 heavy (non-hydrogen) atoms. The zero-order valence-corrected chi connectivity index (χ0v) is 23.4. The first-order chi connectivity index (χ1) is 22.2. The van der Waals surface area contributed by atoms with E-state index in [1.54, 1.807) is 0 Å². The molecule has 2 rings (SSSR count). The number of alkyl halides is 24. The summed E-state index contributed by atoms with van der Waals surface area (Å²) in [6.45, 7) is 0. The van der Waals surface area contributed by atoms with Crippen LogP contribution in [0.2, 0.25) is 0 Å². The highest BCUT2D eigenvalue weighted by molar-refractivity contribution is 5.88. The minimum absolute atomic E-state index is 1.56. The molecule has 1 unspecified atom stereocenters. The Bertz CT molecular complexity index is 1530. The summed E-state index contributed by atoms with van der Waals surface area (Å²) in [4.78, 5) is 0. The number of hydrogen-bond donors (Lipinski definition) is 6. The smallest absolute Gasteiger partial charge is 0.398 e. The number of nitrogen functional groups attached to an aromatic ring is 1. The lowest BCUT2D eigenvalue weighted by Gasteiger charge is -2.51. The normalized spacial score (nSPS) is 19.8. The molecule has 30 heteroatoms. The molecule has 0 bridgehead atoms. The summed E-state index contributed by atoms with van der Waals surface area (Å²) in [6, 6.07) is -2.26. The van der Waals surface area contributed by atoms with Gasteiger partial charge in [-0.3, -0.25) is 0 Å². The van der Waals surface area contributed by atoms with Gasteiger partial charge in [0.05, 0.1) is 5.54 Å². The van der Waals surface area contributed by atoms with Crippen molar-refractivity contribution in [2.45, 2.75) is 83.8 Å². The highest BCUT2D eigenvalue weighted by Gasteiger charge is 2.83. The van der Waals surface area contributed by atoms with E-state index in [1.807, 2.05) is 0 Å². The van der Waals surface area contributed by atoms with Gasteiger partial charge in [-0.2, -0.15) is 105 Å². The number of anilines is 1. The van der Waals surface area contributed by atoms with E-state index in [9.17, 15) is 126 Å². The second-order valence-electron chi connectivity index (χ2n) is 10.8. The van der Waals surface area contributed by atoms with Crippen LogP contribution in [0, 0.1) is 0 Å². The molecule has 1 aliphatic rings. The predicted molar refractivity (Wildman–Crippen MR) is 115 cm³/mol. The number of fused-ring (bicyclic) bond motifs is 1. The van der Waals surface area contributed by atoms with Crippen LogP contribution in [-0.2, 0) is 16.7 Å². The highest BCUT2D eigenvalue weighted by Crippen LogP contribution is 2.65. The zero-order chi connectivity index (χ0) is 42.1. The molecule has 0 amide bonds. The molecule has 0 saturated carbocycles. The van der Waals surface area contributed by atoms with Crippen molar-refractivity contribution < 1.29 is 126 Å². The molecule has 0 spiro atoms. The molecule has 1 aliphatic carbocycles. The van der Waals surface area contributed by atoms with Crippen molar-refractivity contribution >= 4 is 11.3 Å². The first-order valence-corrected chi connectivity index (χ1v) is 12.1. The maximum atomic E-state index is 14.1. The molecule has 8 N–H and O–H groups in total. The average Bonchev–Trinajstić information content (AvgIpc) is 2.86. The Morgan fingerprint density at radius 2 is 0.750 bits per heavy atom. The number of benzene rings is 1. The van der Waals surface area contributed by atoms with Crippen LogP contribution in [0.1, 0.15) is 28.7 Å². The Morgan fingerprint density at radius 3 is 1.02 bits per heavy atom. The van der Waals surface area contributed by atoms with Gasteiger partial charge in [0.15, 0.2) is 0 Å². The summed E-state index contributed by atoms with van der Waals surface area (Å²) in [5.41, 5.74) is -49.9. The van der Waals surface area contributed by atoms with Crippen molar-refractivity contribution in [2.75, 3.05) is 5.73 Å². The lowest BCUT2D eigenvalue weighted by atomic mass is 9.60. The lowest BCUT2D eigenvalue weighted by Crippen LogP contribution is -2.74. The van der Waals surface area contributed by atoms with Crippen LogP contribution >= 0.6 is 0 Å². The van der Waals surface area contributed by atoms with Crippen molar-refractivity contribution in [3.63, 3.8) is 0 Å². The van der Waals surface area contributed by atoms with Gasteiger partial charge in [0, 0.05) is 28.0 Å². The van der Waals surface area contributed by atoms with E-state index in [0.29, 0.717) is 0 Å². The molecule has 0 aromatic heterocycles. The summed E-state index contributed by atoms with van der Waals surface area (Å²) >= 11 is 0. The van der Waals surface area contributed by atoms with E-state index in [-0.39, 0.29) is 0 Å². The fourth-order valence-electron chi connectivity index (χ4n) is 5.22. The number of halogens is 24. The molecule has 6 nitrogen and oxygen atoms in total. The molecule has 0 fully saturated rings. The SMILES string of the molecule is Nc1c(C(O)(C(F)(F)F)C(F)(F)F)cc(C(O)(C(F)(F)F)C(F)(F)F)c2c1C(C(O)(C(F)(F)F)C(F)(F)F)=CCC2(N)C(O)(C(F)(F)F)C(F)(F)F. The van der Waals surface area contributed by atoms with E-state index in [1.165, 1.54) is 0 Å². The fraction of sp³-hybridized carbons (Fsp3) is 0.636. The monoisotopic (exact) mass is 824 g/mol. The Labute approximate surface area is 267 Å². The highest BCUT2D eigenvalue weighted by atomic mass is 19.4. The Balaban J connectivity index is 3.90. The van der Waals surface area contributed by atoms with Crippen molar-refractivity contribution in [1.82, 2.24) is 0 Å². The quantitative estimate of drug-likeness (QED) is 0.151. The minimum atomic E-state index is -7.97. The van der Waals surface area contributed by atoms with Crippen LogP contribution in [0.25, 0.3) is 5.57 Å². The minimum Gasteiger partial charge on any atom is -0.398 e. The molecular weight excluding hydrogens is 812 g/mol. The van der Waals surface area contributed by atoms with Gasteiger partial charge in [0.2, 0.25) is 0 Å². The standard InChI is InChI=1S/C22H12F24N2O4/c23-15(24,25)11(49,16(26,27)28)4-1-2-10(48,14(52,21(41,42)43)22(44,45)46)8-5(12(50,17(29,30)31)18(32,33)34)3-6(9(47)7(4)8)13(51,19(35,36)37)20(38,39)40/h1,3,49-52H,2,47-48H2. The van der Waals surface area contributed by atoms with Crippen molar-refractivity contribution in [3.8, 4) is 0 Å². The third kappa shape index (κ3) is 5.67. The van der Waals surface area contributed by atoms with E-state index < -0.39 is 129 Å². The molecule has 302 valence electrons. The van der Waals surface area contributed by atoms with Crippen LogP contribution < -0.4 is 11.5 Å². The zero-order valence-electron chi connectivity index (χ0n) is 23.4. The van der Waals surface area contributed by atoms with Gasteiger partial charge in [-0.15, -0.1) is 0 Å². The van der Waals surface area contributed by atoms with Crippen molar-refractivity contribution in [2.24, 2.45) is 5.73 Å². The summed E-state index contributed by atoms with van der Waals surface area (Å²) in [5.74, 6) is 0. The van der Waals surface area contributed by atoms with Gasteiger partial charge in [-0.05, 0) is 18.1 Å². The van der Waals surface area contributed by atoms with E-state index in [2.05, 4.69) is 0 Å². The number of aliphatic hydroxyl groups is 4. The Hall–Kier alpha value is -3.12. The van der Waals surface area contributed by atoms with Crippen LogP contribution in [0.3, 0.4) is 0 Å². The van der Waals surface area contributed by atoms with Crippen LogP contribution in [0.4, 0.5) is 111 Å². The lowest BCUT2D eigenvalue weighted by molar-refractivity contribution is -0.392. The fourth-order valence-corrected chi connectivity index (χ4v) is 5.22. The largest absolute Gasteiger partial charge is 0.430 e. The first kappa shape index (κ1) is 45.0. The van der Waals surface area contributed by atoms with Gasteiger partial charge >= 0.3 is 49.4 Å².